The SMILES string of the molecule is Cc1c(Cl)cc(Br)c(C#N)c1N1CCC(c2nncn2C)CC1. The van der Waals surface area contributed by atoms with Crippen molar-refractivity contribution in [3.05, 3.63) is 38.8 Å². The Balaban J connectivity index is 1.86. The molecule has 0 bridgehead atoms. The topological polar surface area (TPSA) is 57.7 Å². The fourth-order valence-electron chi connectivity index (χ4n) is 3.23. The molecule has 1 aromatic carbocycles. The number of benzene rings is 1. The summed E-state index contributed by atoms with van der Waals surface area (Å²) >= 11 is 9.77. The first-order valence-corrected chi connectivity index (χ1v) is 8.67. The van der Waals surface area contributed by atoms with Crippen LogP contribution < -0.4 is 4.90 Å². The van der Waals surface area contributed by atoms with Crippen LogP contribution in [-0.2, 0) is 7.05 Å². The van der Waals surface area contributed by atoms with E-state index in [1.54, 1.807) is 12.4 Å². The van der Waals surface area contributed by atoms with Crippen LogP contribution in [-0.4, -0.2) is 27.9 Å². The minimum absolute atomic E-state index is 0.409. The molecular formula is C16H17BrClN5. The lowest BCUT2D eigenvalue weighted by Gasteiger charge is -2.35. The van der Waals surface area contributed by atoms with Crippen molar-refractivity contribution in [2.75, 3.05) is 18.0 Å². The summed E-state index contributed by atoms with van der Waals surface area (Å²) in [4.78, 5) is 2.26. The molecule has 120 valence electrons. The lowest BCUT2D eigenvalue weighted by molar-refractivity contribution is 0.473. The summed E-state index contributed by atoms with van der Waals surface area (Å²) in [5.41, 5.74) is 2.57. The van der Waals surface area contributed by atoms with Gasteiger partial charge >= 0.3 is 0 Å². The second kappa shape index (κ2) is 6.50. The first-order valence-electron chi connectivity index (χ1n) is 7.50. The molecule has 2 heterocycles. The maximum atomic E-state index is 9.51. The van der Waals surface area contributed by atoms with Crippen molar-refractivity contribution in [1.29, 1.82) is 5.26 Å². The Kier molecular flexibility index (Phi) is 4.60. The third-order valence-corrected chi connectivity index (χ3v) is 5.50. The zero-order valence-electron chi connectivity index (χ0n) is 13.1. The number of aromatic nitrogens is 3. The second-order valence-electron chi connectivity index (χ2n) is 5.86. The highest BCUT2D eigenvalue weighted by Gasteiger charge is 2.27. The van der Waals surface area contributed by atoms with Gasteiger partial charge in [-0.3, -0.25) is 0 Å². The van der Waals surface area contributed by atoms with Crippen LogP contribution in [0.25, 0.3) is 0 Å². The van der Waals surface area contributed by atoms with Crippen molar-refractivity contribution in [3.63, 3.8) is 0 Å². The average Bonchev–Trinajstić information content (AvgIpc) is 2.97. The Labute approximate surface area is 149 Å². The van der Waals surface area contributed by atoms with Gasteiger partial charge in [-0.25, -0.2) is 0 Å². The first-order chi connectivity index (χ1) is 11.0. The number of anilines is 1. The maximum Gasteiger partial charge on any atom is 0.135 e. The van der Waals surface area contributed by atoms with Crippen LogP contribution in [0.15, 0.2) is 16.9 Å². The molecule has 0 unspecified atom stereocenters. The highest BCUT2D eigenvalue weighted by molar-refractivity contribution is 9.10. The van der Waals surface area contributed by atoms with E-state index in [4.69, 9.17) is 11.6 Å². The molecule has 0 spiro atoms. The number of rotatable bonds is 2. The van der Waals surface area contributed by atoms with Gasteiger partial charge in [0.15, 0.2) is 0 Å². The van der Waals surface area contributed by atoms with Gasteiger partial charge in [0.1, 0.15) is 18.2 Å². The van der Waals surface area contributed by atoms with Gasteiger partial charge in [0.05, 0.1) is 11.3 Å². The van der Waals surface area contributed by atoms with Gasteiger partial charge in [-0.2, -0.15) is 5.26 Å². The van der Waals surface area contributed by atoms with Gasteiger partial charge < -0.3 is 9.47 Å². The van der Waals surface area contributed by atoms with E-state index in [0.29, 0.717) is 16.5 Å². The predicted molar refractivity (Wildman–Crippen MR) is 93.8 cm³/mol. The number of nitriles is 1. The minimum atomic E-state index is 0.409. The molecular weight excluding hydrogens is 378 g/mol. The van der Waals surface area contributed by atoms with Crippen molar-refractivity contribution in [2.45, 2.75) is 25.7 Å². The lowest BCUT2D eigenvalue weighted by atomic mass is 9.94. The smallest absolute Gasteiger partial charge is 0.135 e. The third-order valence-electron chi connectivity index (χ3n) is 4.48. The molecule has 1 aliphatic heterocycles. The third kappa shape index (κ3) is 2.96. The number of piperidine rings is 1. The van der Waals surface area contributed by atoms with E-state index in [2.05, 4.69) is 37.1 Å². The molecule has 0 saturated carbocycles. The number of hydrogen-bond donors (Lipinski definition) is 0. The molecule has 0 radical (unpaired) electrons. The summed E-state index contributed by atoms with van der Waals surface area (Å²) in [5.74, 6) is 1.45. The zero-order valence-corrected chi connectivity index (χ0v) is 15.4. The van der Waals surface area contributed by atoms with Crippen LogP contribution in [0.1, 0.15) is 35.7 Å². The highest BCUT2D eigenvalue weighted by Crippen LogP contribution is 2.38. The van der Waals surface area contributed by atoms with Crippen LogP contribution in [0.5, 0.6) is 0 Å². The fourth-order valence-corrected chi connectivity index (χ4v) is 4.07. The lowest BCUT2D eigenvalue weighted by Crippen LogP contribution is -2.34. The molecule has 1 fully saturated rings. The molecule has 23 heavy (non-hydrogen) atoms. The summed E-state index contributed by atoms with van der Waals surface area (Å²) in [6.07, 6.45) is 3.72. The molecule has 2 aromatic rings. The molecule has 1 aromatic heterocycles. The summed E-state index contributed by atoms with van der Waals surface area (Å²) in [5, 5.41) is 18.4. The van der Waals surface area contributed by atoms with E-state index in [9.17, 15) is 5.26 Å². The fraction of sp³-hybridized carbons (Fsp3) is 0.438. The number of nitrogens with zero attached hydrogens (tertiary/aromatic N) is 5. The predicted octanol–water partition coefficient (Wildman–Crippen LogP) is 3.80. The Hall–Kier alpha value is -1.58. The molecule has 0 aliphatic carbocycles. The highest BCUT2D eigenvalue weighted by atomic mass is 79.9. The van der Waals surface area contributed by atoms with E-state index >= 15 is 0 Å². The number of halogens is 2. The largest absolute Gasteiger partial charge is 0.370 e. The van der Waals surface area contributed by atoms with Gasteiger partial charge in [0.2, 0.25) is 0 Å². The standard InChI is InChI=1S/C16H17BrClN5/c1-10-14(18)7-13(17)12(8-19)15(10)23-5-3-11(4-6-23)16-21-20-9-22(16)2/h7,9,11H,3-6H2,1-2H3. The van der Waals surface area contributed by atoms with Crippen LogP contribution >= 0.6 is 27.5 Å². The normalized spacial score (nSPS) is 15.7. The second-order valence-corrected chi connectivity index (χ2v) is 7.12. The Bertz CT molecular complexity index is 772. The molecule has 1 saturated heterocycles. The molecule has 5 nitrogen and oxygen atoms in total. The molecule has 1 aliphatic rings. The molecule has 7 heteroatoms. The van der Waals surface area contributed by atoms with Gasteiger partial charge in [-0.05, 0) is 47.3 Å². The van der Waals surface area contributed by atoms with Gasteiger partial charge in [-0.15, -0.1) is 10.2 Å². The van der Waals surface area contributed by atoms with Gasteiger partial charge in [0.25, 0.3) is 0 Å². The Morgan fingerprint density at radius 2 is 2.09 bits per heavy atom. The van der Waals surface area contributed by atoms with Crippen molar-refractivity contribution in [2.24, 2.45) is 7.05 Å². The molecule has 0 N–H and O–H groups in total. The molecule has 0 amide bonds. The summed E-state index contributed by atoms with van der Waals surface area (Å²) in [6.45, 7) is 3.72. The van der Waals surface area contributed by atoms with E-state index in [0.717, 1.165) is 47.5 Å². The minimum Gasteiger partial charge on any atom is -0.370 e. The summed E-state index contributed by atoms with van der Waals surface area (Å²) in [7, 11) is 1.98. The number of hydrogen-bond acceptors (Lipinski definition) is 4. The zero-order chi connectivity index (χ0) is 16.6. The summed E-state index contributed by atoms with van der Waals surface area (Å²) < 4.78 is 2.74. The van der Waals surface area contributed by atoms with E-state index < -0.39 is 0 Å². The van der Waals surface area contributed by atoms with Gasteiger partial charge in [-0.1, -0.05) is 11.6 Å². The van der Waals surface area contributed by atoms with Crippen LogP contribution in [0.2, 0.25) is 5.02 Å². The molecule has 0 atom stereocenters. The van der Waals surface area contributed by atoms with E-state index in [1.165, 1.54) is 0 Å². The Morgan fingerprint density at radius 1 is 1.39 bits per heavy atom. The van der Waals surface area contributed by atoms with E-state index in [1.807, 2.05) is 18.5 Å². The van der Waals surface area contributed by atoms with E-state index in [-0.39, 0.29) is 0 Å². The van der Waals surface area contributed by atoms with Crippen molar-refractivity contribution >= 4 is 33.2 Å². The van der Waals surface area contributed by atoms with Crippen molar-refractivity contribution in [1.82, 2.24) is 14.8 Å². The quantitative estimate of drug-likeness (QED) is 0.777. The van der Waals surface area contributed by atoms with Crippen LogP contribution in [0, 0.1) is 18.3 Å². The van der Waals surface area contributed by atoms with Crippen LogP contribution in [0.4, 0.5) is 5.69 Å². The maximum absolute atomic E-state index is 9.51. The van der Waals surface area contributed by atoms with Crippen molar-refractivity contribution < 1.29 is 0 Å². The summed E-state index contributed by atoms with van der Waals surface area (Å²) in [6, 6.07) is 4.10. The molecule has 3 rings (SSSR count). The number of aryl methyl sites for hydroxylation is 1. The Morgan fingerprint density at radius 3 is 2.65 bits per heavy atom. The monoisotopic (exact) mass is 393 g/mol. The van der Waals surface area contributed by atoms with Gasteiger partial charge in [0, 0.05) is 35.6 Å². The average molecular weight is 395 g/mol. The van der Waals surface area contributed by atoms with Crippen LogP contribution in [0.3, 0.4) is 0 Å². The first kappa shape index (κ1) is 16.3. The van der Waals surface area contributed by atoms with Crippen molar-refractivity contribution in [3.8, 4) is 6.07 Å².